The van der Waals surface area contributed by atoms with E-state index in [1.807, 2.05) is 24.3 Å². The highest BCUT2D eigenvalue weighted by Crippen LogP contribution is 2.13. The van der Waals surface area contributed by atoms with E-state index in [2.05, 4.69) is 20.3 Å². The number of anilines is 1. The Balaban J connectivity index is 1.89. The molecule has 0 aliphatic heterocycles. The van der Waals surface area contributed by atoms with Crippen LogP contribution in [0.3, 0.4) is 0 Å². The minimum atomic E-state index is -0.239. The molecule has 1 aromatic carbocycles. The molecule has 0 saturated carbocycles. The van der Waals surface area contributed by atoms with Crippen LogP contribution in [-0.4, -0.2) is 20.9 Å². The van der Waals surface area contributed by atoms with Gasteiger partial charge in [0.25, 0.3) is 5.91 Å². The largest absolute Gasteiger partial charge is 0.306 e. The van der Waals surface area contributed by atoms with Gasteiger partial charge in [-0.3, -0.25) is 9.78 Å². The molecule has 2 aromatic heterocycles. The highest BCUT2D eigenvalue weighted by molar-refractivity contribution is 6.05. The molecule has 1 amide bonds. The second-order valence-electron chi connectivity index (χ2n) is 3.97. The molecule has 0 radical (unpaired) electrons. The normalized spacial score (nSPS) is 10.3. The molecule has 0 aliphatic carbocycles. The molecule has 0 fully saturated rings. The third kappa shape index (κ3) is 2.40. The van der Waals surface area contributed by atoms with Gasteiger partial charge in [0.15, 0.2) is 0 Å². The van der Waals surface area contributed by atoms with Crippen LogP contribution in [0.15, 0.2) is 55.1 Å². The molecule has 19 heavy (non-hydrogen) atoms. The highest BCUT2D eigenvalue weighted by atomic mass is 16.1. The second kappa shape index (κ2) is 4.81. The molecule has 3 aromatic rings. The standard InChI is InChI=1S/C14H10N4O/c19-14(18-13-5-6-15-9-17-13)11-7-10-3-1-2-4-12(10)16-8-11/h1-9H,(H,15,17,18,19). The van der Waals surface area contributed by atoms with Gasteiger partial charge in [-0.25, -0.2) is 9.97 Å². The summed E-state index contributed by atoms with van der Waals surface area (Å²) in [7, 11) is 0. The second-order valence-corrected chi connectivity index (χ2v) is 3.97. The molecule has 3 rings (SSSR count). The van der Waals surface area contributed by atoms with Crippen LogP contribution in [0.2, 0.25) is 0 Å². The van der Waals surface area contributed by atoms with Crippen molar-refractivity contribution in [2.24, 2.45) is 0 Å². The van der Waals surface area contributed by atoms with E-state index in [0.29, 0.717) is 11.4 Å². The first-order valence-corrected chi connectivity index (χ1v) is 5.75. The van der Waals surface area contributed by atoms with Gasteiger partial charge in [-0.2, -0.15) is 0 Å². The van der Waals surface area contributed by atoms with E-state index >= 15 is 0 Å². The summed E-state index contributed by atoms with van der Waals surface area (Å²) in [4.78, 5) is 24.0. The summed E-state index contributed by atoms with van der Waals surface area (Å²) in [5.41, 5.74) is 1.36. The van der Waals surface area contributed by atoms with Gasteiger partial charge in [0.2, 0.25) is 0 Å². The average molecular weight is 250 g/mol. The van der Waals surface area contributed by atoms with Crippen molar-refractivity contribution in [3.63, 3.8) is 0 Å². The lowest BCUT2D eigenvalue weighted by atomic mass is 10.1. The summed E-state index contributed by atoms with van der Waals surface area (Å²) in [6.07, 6.45) is 4.51. The maximum Gasteiger partial charge on any atom is 0.258 e. The van der Waals surface area contributed by atoms with Crippen LogP contribution in [0, 0.1) is 0 Å². The van der Waals surface area contributed by atoms with E-state index in [1.165, 1.54) is 6.33 Å². The van der Waals surface area contributed by atoms with Crippen molar-refractivity contribution in [2.45, 2.75) is 0 Å². The van der Waals surface area contributed by atoms with E-state index in [1.54, 1.807) is 24.5 Å². The van der Waals surface area contributed by atoms with Crippen molar-refractivity contribution in [1.29, 1.82) is 0 Å². The predicted octanol–water partition coefficient (Wildman–Crippen LogP) is 2.28. The molecule has 0 atom stereocenters. The predicted molar refractivity (Wildman–Crippen MR) is 71.7 cm³/mol. The zero-order valence-corrected chi connectivity index (χ0v) is 9.95. The molecule has 1 N–H and O–H groups in total. The van der Waals surface area contributed by atoms with Crippen molar-refractivity contribution < 1.29 is 4.79 Å². The van der Waals surface area contributed by atoms with Crippen molar-refractivity contribution in [3.8, 4) is 0 Å². The van der Waals surface area contributed by atoms with Gasteiger partial charge in [-0.1, -0.05) is 18.2 Å². The third-order valence-corrected chi connectivity index (χ3v) is 2.68. The maximum absolute atomic E-state index is 12.0. The number of pyridine rings is 1. The Kier molecular flexibility index (Phi) is 2.86. The number of hydrogen-bond acceptors (Lipinski definition) is 4. The first-order valence-electron chi connectivity index (χ1n) is 5.75. The minimum absolute atomic E-state index is 0.239. The zero-order chi connectivity index (χ0) is 13.1. The van der Waals surface area contributed by atoms with E-state index in [-0.39, 0.29) is 5.91 Å². The number of benzene rings is 1. The molecule has 92 valence electrons. The fourth-order valence-electron chi connectivity index (χ4n) is 1.75. The quantitative estimate of drug-likeness (QED) is 0.757. The van der Waals surface area contributed by atoms with Gasteiger partial charge in [-0.15, -0.1) is 0 Å². The van der Waals surface area contributed by atoms with Gasteiger partial charge in [0.1, 0.15) is 12.1 Å². The fraction of sp³-hybridized carbons (Fsp3) is 0. The topological polar surface area (TPSA) is 67.8 Å². The Bertz CT molecular complexity index is 728. The molecule has 0 aliphatic rings. The molecule has 2 heterocycles. The molecule has 0 bridgehead atoms. The van der Waals surface area contributed by atoms with Crippen molar-refractivity contribution >= 4 is 22.6 Å². The van der Waals surface area contributed by atoms with Gasteiger partial charge < -0.3 is 5.32 Å². The number of nitrogens with one attached hydrogen (secondary N) is 1. The Morgan fingerprint density at radius 2 is 2.00 bits per heavy atom. The van der Waals surface area contributed by atoms with Crippen LogP contribution < -0.4 is 5.32 Å². The number of amides is 1. The summed E-state index contributed by atoms with van der Waals surface area (Å²) >= 11 is 0. The summed E-state index contributed by atoms with van der Waals surface area (Å²) < 4.78 is 0. The van der Waals surface area contributed by atoms with Gasteiger partial charge in [-0.05, 0) is 18.2 Å². The smallest absolute Gasteiger partial charge is 0.258 e. The molecular weight excluding hydrogens is 240 g/mol. The Morgan fingerprint density at radius 3 is 2.84 bits per heavy atom. The van der Waals surface area contributed by atoms with Crippen LogP contribution in [-0.2, 0) is 0 Å². The lowest BCUT2D eigenvalue weighted by molar-refractivity contribution is 0.102. The lowest BCUT2D eigenvalue weighted by Crippen LogP contribution is -2.13. The number of carbonyl (C=O) groups is 1. The number of nitrogens with zero attached hydrogens (tertiary/aromatic N) is 3. The van der Waals surface area contributed by atoms with Gasteiger partial charge in [0, 0.05) is 17.8 Å². The molecule has 0 saturated heterocycles. The summed E-state index contributed by atoms with van der Waals surface area (Å²) in [5, 5.41) is 3.62. The van der Waals surface area contributed by atoms with Crippen molar-refractivity contribution in [2.75, 3.05) is 5.32 Å². The first-order chi connectivity index (χ1) is 9.33. The number of aromatic nitrogens is 3. The van der Waals surface area contributed by atoms with Crippen LogP contribution in [0.4, 0.5) is 5.82 Å². The Labute approximate surface area is 109 Å². The molecule has 5 nitrogen and oxygen atoms in total. The first kappa shape index (κ1) is 11.3. The number of para-hydroxylation sites is 1. The fourth-order valence-corrected chi connectivity index (χ4v) is 1.75. The van der Waals surface area contributed by atoms with E-state index in [4.69, 9.17) is 0 Å². The number of rotatable bonds is 2. The lowest BCUT2D eigenvalue weighted by Gasteiger charge is -2.04. The molecule has 0 unspecified atom stereocenters. The number of hydrogen-bond donors (Lipinski definition) is 1. The van der Waals surface area contributed by atoms with Crippen LogP contribution in [0.25, 0.3) is 10.9 Å². The third-order valence-electron chi connectivity index (χ3n) is 2.68. The van der Waals surface area contributed by atoms with Crippen LogP contribution in [0.5, 0.6) is 0 Å². The average Bonchev–Trinajstić information content (AvgIpc) is 2.48. The SMILES string of the molecule is O=C(Nc1ccncn1)c1cnc2ccccc2c1. The number of fused-ring (bicyclic) bond motifs is 1. The maximum atomic E-state index is 12.0. The van der Waals surface area contributed by atoms with E-state index in [0.717, 1.165) is 10.9 Å². The van der Waals surface area contributed by atoms with Crippen molar-refractivity contribution in [3.05, 3.63) is 60.7 Å². The Hall–Kier alpha value is -2.82. The molecule has 5 heteroatoms. The van der Waals surface area contributed by atoms with E-state index in [9.17, 15) is 4.79 Å². The molecule has 0 spiro atoms. The summed E-state index contributed by atoms with van der Waals surface area (Å²) in [6, 6.07) is 11.1. The van der Waals surface area contributed by atoms with Crippen LogP contribution in [0.1, 0.15) is 10.4 Å². The Morgan fingerprint density at radius 1 is 1.11 bits per heavy atom. The monoisotopic (exact) mass is 250 g/mol. The number of carbonyl (C=O) groups excluding carboxylic acids is 1. The summed E-state index contributed by atoms with van der Waals surface area (Å²) in [5.74, 6) is 0.227. The highest BCUT2D eigenvalue weighted by Gasteiger charge is 2.07. The van der Waals surface area contributed by atoms with E-state index < -0.39 is 0 Å². The molecular formula is C14H10N4O. The van der Waals surface area contributed by atoms with Crippen LogP contribution >= 0.6 is 0 Å². The minimum Gasteiger partial charge on any atom is -0.306 e. The van der Waals surface area contributed by atoms with Crippen molar-refractivity contribution in [1.82, 2.24) is 15.0 Å². The summed E-state index contributed by atoms with van der Waals surface area (Å²) in [6.45, 7) is 0. The zero-order valence-electron chi connectivity index (χ0n) is 9.95. The van der Waals surface area contributed by atoms with Gasteiger partial charge >= 0.3 is 0 Å². The van der Waals surface area contributed by atoms with Gasteiger partial charge in [0.05, 0.1) is 11.1 Å².